The molecule has 0 aromatic rings. The molecule has 0 unspecified atom stereocenters. The first kappa shape index (κ1) is 11.3. The van der Waals surface area contributed by atoms with Crippen LogP contribution in [0.2, 0.25) is 0 Å². The molecule has 0 bridgehead atoms. The van der Waals surface area contributed by atoms with Crippen molar-refractivity contribution in [3.8, 4) is 0 Å². The van der Waals surface area contributed by atoms with Gasteiger partial charge in [-0.05, 0) is 32.1 Å². The molecule has 0 aliphatic carbocycles. The number of nitrogens with zero attached hydrogens (tertiary/aromatic N) is 1. The monoisotopic (exact) mass is 195 g/mol. The molecule has 0 radical (unpaired) electrons. The number of carbonyl (C=O) groups excluding carboxylic acids is 1. The minimum Gasteiger partial charge on any atom is -0.340 e. The van der Waals surface area contributed by atoms with Gasteiger partial charge in [-0.15, -0.1) is 6.58 Å². The Bertz CT molecular complexity index is 200. The normalized spacial score (nSPS) is 22.1. The average Bonchev–Trinajstić information content (AvgIpc) is 2.25. The second kappa shape index (κ2) is 5.84. The predicted octanol–water partition coefficient (Wildman–Crippen LogP) is 2.74. The van der Waals surface area contributed by atoms with Crippen molar-refractivity contribution >= 4 is 5.91 Å². The van der Waals surface area contributed by atoms with Gasteiger partial charge >= 0.3 is 0 Å². The molecule has 0 N–H and O–H groups in total. The fourth-order valence-electron chi connectivity index (χ4n) is 2.14. The van der Waals surface area contributed by atoms with Crippen molar-refractivity contribution in [2.45, 2.75) is 51.5 Å². The second-order valence-corrected chi connectivity index (χ2v) is 3.96. The van der Waals surface area contributed by atoms with Crippen LogP contribution < -0.4 is 0 Å². The fraction of sp³-hybridized carbons (Fsp3) is 0.750. The molecule has 1 aliphatic rings. The number of hydrogen-bond donors (Lipinski definition) is 0. The van der Waals surface area contributed by atoms with Crippen molar-refractivity contribution in [3.63, 3.8) is 0 Å². The van der Waals surface area contributed by atoms with Crippen LogP contribution in [0.1, 0.15) is 45.4 Å². The van der Waals surface area contributed by atoms with E-state index in [0.29, 0.717) is 18.4 Å². The van der Waals surface area contributed by atoms with Crippen LogP contribution in [0.25, 0.3) is 0 Å². The lowest BCUT2D eigenvalue weighted by molar-refractivity contribution is -0.134. The molecule has 14 heavy (non-hydrogen) atoms. The summed E-state index contributed by atoms with van der Waals surface area (Å²) < 4.78 is 0. The van der Waals surface area contributed by atoms with E-state index in [4.69, 9.17) is 0 Å². The van der Waals surface area contributed by atoms with Gasteiger partial charge in [-0.1, -0.05) is 13.0 Å². The summed E-state index contributed by atoms with van der Waals surface area (Å²) in [4.78, 5) is 13.7. The Morgan fingerprint density at radius 2 is 2.36 bits per heavy atom. The van der Waals surface area contributed by atoms with Crippen LogP contribution in [0, 0.1) is 0 Å². The Balaban J connectivity index is 2.49. The molecular weight excluding hydrogens is 174 g/mol. The minimum atomic E-state index is 0.318. The molecule has 1 fully saturated rings. The van der Waals surface area contributed by atoms with E-state index in [9.17, 15) is 4.79 Å². The smallest absolute Gasteiger partial charge is 0.222 e. The quantitative estimate of drug-likeness (QED) is 0.632. The molecule has 1 aliphatic heterocycles. The number of rotatable bonds is 4. The number of piperidine rings is 1. The average molecular weight is 195 g/mol. The van der Waals surface area contributed by atoms with E-state index in [0.717, 1.165) is 19.4 Å². The number of carbonyl (C=O) groups is 1. The van der Waals surface area contributed by atoms with Gasteiger partial charge in [0.25, 0.3) is 0 Å². The standard InChI is InChI=1S/C12H21NO/c1-3-5-8-11-9-6-7-10-13(11)12(14)4-2/h3,11H,1,4-10H2,2H3/t11-/m1/s1. The zero-order chi connectivity index (χ0) is 10.4. The summed E-state index contributed by atoms with van der Waals surface area (Å²) in [6, 6.07) is 0.481. The van der Waals surface area contributed by atoms with Gasteiger partial charge in [0.2, 0.25) is 5.91 Å². The van der Waals surface area contributed by atoms with E-state index in [-0.39, 0.29) is 0 Å². The number of likely N-dealkylation sites (tertiary alicyclic amines) is 1. The Morgan fingerprint density at radius 1 is 1.57 bits per heavy atom. The molecule has 0 saturated carbocycles. The lowest BCUT2D eigenvalue weighted by Gasteiger charge is -2.35. The Morgan fingerprint density at radius 3 is 3.00 bits per heavy atom. The van der Waals surface area contributed by atoms with Gasteiger partial charge in [-0.3, -0.25) is 4.79 Å². The molecule has 1 saturated heterocycles. The minimum absolute atomic E-state index is 0.318. The largest absolute Gasteiger partial charge is 0.340 e. The summed E-state index contributed by atoms with van der Waals surface area (Å²) in [6.45, 7) is 6.64. The van der Waals surface area contributed by atoms with Crippen molar-refractivity contribution in [3.05, 3.63) is 12.7 Å². The molecule has 0 spiro atoms. The van der Waals surface area contributed by atoms with Gasteiger partial charge in [-0.2, -0.15) is 0 Å². The third-order valence-electron chi connectivity index (χ3n) is 2.95. The van der Waals surface area contributed by atoms with Crippen LogP contribution in [-0.2, 0) is 4.79 Å². The van der Waals surface area contributed by atoms with Crippen molar-refractivity contribution in [1.82, 2.24) is 4.90 Å². The molecule has 2 heteroatoms. The van der Waals surface area contributed by atoms with E-state index in [2.05, 4.69) is 11.5 Å². The molecule has 1 rings (SSSR count). The molecular formula is C12H21NO. The highest BCUT2D eigenvalue weighted by Gasteiger charge is 2.24. The van der Waals surface area contributed by atoms with Gasteiger partial charge in [0.1, 0.15) is 0 Å². The predicted molar refractivity (Wildman–Crippen MR) is 59.1 cm³/mol. The zero-order valence-corrected chi connectivity index (χ0v) is 9.17. The van der Waals surface area contributed by atoms with Crippen LogP contribution in [0.15, 0.2) is 12.7 Å². The van der Waals surface area contributed by atoms with Crippen molar-refractivity contribution in [2.24, 2.45) is 0 Å². The van der Waals surface area contributed by atoms with Crippen molar-refractivity contribution < 1.29 is 4.79 Å². The van der Waals surface area contributed by atoms with Gasteiger partial charge < -0.3 is 4.90 Å². The highest BCUT2D eigenvalue weighted by Crippen LogP contribution is 2.21. The second-order valence-electron chi connectivity index (χ2n) is 3.96. The van der Waals surface area contributed by atoms with Crippen LogP contribution in [0.4, 0.5) is 0 Å². The van der Waals surface area contributed by atoms with Gasteiger partial charge in [0.05, 0.1) is 0 Å². The molecule has 0 aromatic carbocycles. The highest BCUT2D eigenvalue weighted by atomic mass is 16.2. The van der Waals surface area contributed by atoms with Gasteiger partial charge in [-0.25, -0.2) is 0 Å². The Hall–Kier alpha value is -0.790. The van der Waals surface area contributed by atoms with Gasteiger partial charge in [0.15, 0.2) is 0 Å². The summed E-state index contributed by atoms with van der Waals surface area (Å²) >= 11 is 0. The van der Waals surface area contributed by atoms with E-state index in [1.54, 1.807) is 0 Å². The summed E-state index contributed by atoms with van der Waals surface area (Å²) in [5, 5.41) is 0. The van der Waals surface area contributed by atoms with E-state index < -0.39 is 0 Å². The molecule has 80 valence electrons. The van der Waals surface area contributed by atoms with Crippen LogP contribution in [0.3, 0.4) is 0 Å². The first-order valence-electron chi connectivity index (χ1n) is 5.70. The molecule has 1 amide bonds. The maximum absolute atomic E-state index is 11.6. The first-order valence-corrected chi connectivity index (χ1v) is 5.70. The van der Waals surface area contributed by atoms with Crippen molar-refractivity contribution in [1.29, 1.82) is 0 Å². The third-order valence-corrected chi connectivity index (χ3v) is 2.95. The lowest BCUT2D eigenvalue weighted by Crippen LogP contribution is -2.43. The summed E-state index contributed by atoms with van der Waals surface area (Å²) in [6.07, 6.45) is 8.34. The van der Waals surface area contributed by atoms with Crippen LogP contribution in [-0.4, -0.2) is 23.4 Å². The molecule has 1 atom stereocenters. The molecule has 0 aromatic heterocycles. The van der Waals surface area contributed by atoms with E-state index >= 15 is 0 Å². The Labute approximate surface area is 87.0 Å². The number of hydrogen-bond acceptors (Lipinski definition) is 1. The summed E-state index contributed by atoms with van der Waals surface area (Å²) in [5.41, 5.74) is 0. The highest BCUT2D eigenvalue weighted by molar-refractivity contribution is 5.76. The number of amides is 1. The van der Waals surface area contributed by atoms with Crippen LogP contribution >= 0.6 is 0 Å². The summed E-state index contributed by atoms with van der Waals surface area (Å²) in [5.74, 6) is 0.318. The Kier molecular flexibility index (Phi) is 4.71. The SMILES string of the molecule is C=CCC[C@@H]1CCCCN1C(=O)CC. The summed E-state index contributed by atoms with van der Waals surface area (Å²) in [7, 11) is 0. The van der Waals surface area contributed by atoms with E-state index in [1.165, 1.54) is 19.3 Å². The third kappa shape index (κ3) is 2.86. The lowest BCUT2D eigenvalue weighted by atomic mass is 9.97. The number of allylic oxidation sites excluding steroid dienone is 1. The van der Waals surface area contributed by atoms with Gasteiger partial charge in [0, 0.05) is 19.0 Å². The maximum Gasteiger partial charge on any atom is 0.222 e. The van der Waals surface area contributed by atoms with Crippen LogP contribution in [0.5, 0.6) is 0 Å². The maximum atomic E-state index is 11.6. The fourth-order valence-corrected chi connectivity index (χ4v) is 2.14. The van der Waals surface area contributed by atoms with Crippen molar-refractivity contribution in [2.75, 3.05) is 6.54 Å². The molecule has 2 nitrogen and oxygen atoms in total. The van der Waals surface area contributed by atoms with E-state index in [1.807, 2.05) is 13.0 Å². The zero-order valence-electron chi connectivity index (χ0n) is 9.17. The molecule has 1 heterocycles. The first-order chi connectivity index (χ1) is 6.79. The topological polar surface area (TPSA) is 20.3 Å².